The second kappa shape index (κ2) is 9.90. The number of hydrogen-bond acceptors (Lipinski definition) is 3. The van der Waals surface area contributed by atoms with Crippen molar-refractivity contribution in [2.24, 2.45) is 23.2 Å². The number of aliphatic hydroxyl groups is 1. The van der Waals surface area contributed by atoms with Gasteiger partial charge in [0.15, 0.2) is 0 Å². The van der Waals surface area contributed by atoms with Crippen molar-refractivity contribution in [1.29, 1.82) is 0 Å². The number of benzene rings is 1. The van der Waals surface area contributed by atoms with Crippen molar-refractivity contribution in [1.82, 2.24) is 5.32 Å². The SMILES string of the molecule is CC1(C)[C@H]2C[C@@H](NC[C@@H](O)Cc3ccccc3)[C@H](C/C=C\CCCC(=O)O)[C@@H]1C2. The summed E-state index contributed by atoms with van der Waals surface area (Å²) >= 11 is 0. The number of unbranched alkanes of at least 4 members (excludes halogenated alkanes) is 1. The molecule has 3 aliphatic rings. The zero-order chi connectivity index (χ0) is 20.9. The van der Waals surface area contributed by atoms with Gasteiger partial charge in [-0.05, 0) is 67.3 Å². The Morgan fingerprint density at radius 2 is 2.00 bits per heavy atom. The molecule has 0 aromatic heterocycles. The van der Waals surface area contributed by atoms with E-state index in [4.69, 9.17) is 5.11 Å². The highest BCUT2D eigenvalue weighted by molar-refractivity contribution is 5.66. The van der Waals surface area contributed by atoms with E-state index in [9.17, 15) is 9.90 Å². The molecule has 0 heterocycles. The molecule has 2 bridgehead atoms. The molecule has 1 aromatic rings. The Hall–Kier alpha value is -1.65. The molecule has 160 valence electrons. The fourth-order valence-corrected chi connectivity index (χ4v) is 5.50. The van der Waals surface area contributed by atoms with E-state index in [0.717, 1.165) is 24.7 Å². The van der Waals surface area contributed by atoms with E-state index >= 15 is 0 Å². The van der Waals surface area contributed by atoms with Gasteiger partial charge in [-0.3, -0.25) is 4.79 Å². The van der Waals surface area contributed by atoms with Gasteiger partial charge in [0.2, 0.25) is 0 Å². The maximum absolute atomic E-state index is 10.6. The number of fused-ring (bicyclic) bond motifs is 2. The van der Waals surface area contributed by atoms with Crippen LogP contribution in [0.2, 0.25) is 0 Å². The largest absolute Gasteiger partial charge is 0.481 e. The second-order valence-corrected chi connectivity index (χ2v) is 9.61. The van der Waals surface area contributed by atoms with Crippen LogP contribution in [0.25, 0.3) is 0 Å². The molecule has 3 fully saturated rings. The molecular formula is C25H37NO3. The number of rotatable bonds is 11. The maximum atomic E-state index is 10.6. The molecule has 3 aliphatic carbocycles. The molecule has 0 radical (unpaired) electrons. The third-order valence-electron chi connectivity index (χ3n) is 7.38. The monoisotopic (exact) mass is 399 g/mol. The van der Waals surface area contributed by atoms with Gasteiger partial charge in [0.1, 0.15) is 0 Å². The molecule has 4 rings (SSSR count). The van der Waals surface area contributed by atoms with Gasteiger partial charge in [-0.1, -0.05) is 56.3 Å². The average Bonchev–Trinajstić information content (AvgIpc) is 2.69. The Morgan fingerprint density at radius 3 is 2.69 bits per heavy atom. The van der Waals surface area contributed by atoms with Crippen molar-refractivity contribution < 1.29 is 15.0 Å². The van der Waals surface area contributed by atoms with Gasteiger partial charge < -0.3 is 15.5 Å². The van der Waals surface area contributed by atoms with Crippen LogP contribution in [0.4, 0.5) is 0 Å². The lowest BCUT2D eigenvalue weighted by Gasteiger charge is -2.63. The number of nitrogens with one attached hydrogen (secondary N) is 1. The Morgan fingerprint density at radius 1 is 1.24 bits per heavy atom. The van der Waals surface area contributed by atoms with Crippen molar-refractivity contribution in [2.45, 2.75) is 70.9 Å². The van der Waals surface area contributed by atoms with Crippen LogP contribution < -0.4 is 5.32 Å². The van der Waals surface area contributed by atoms with Crippen LogP contribution in [-0.4, -0.2) is 34.9 Å². The topological polar surface area (TPSA) is 69.6 Å². The number of carboxylic acids is 1. The number of allylic oxidation sites excluding steroid dienone is 2. The maximum Gasteiger partial charge on any atom is 0.303 e. The molecule has 4 nitrogen and oxygen atoms in total. The predicted molar refractivity (Wildman–Crippen MR) is 117 cm³/mol. The lowest BCUT2D eigenvalue weighted by atomic mass is 9.44. The summed E-state index contributed by atoms with van der Waals surface area (Å²) in [4.78, 5) is 10.6. The molecule has 1 aromatic carbocycles. The molecule has 29 heavy (non-hydrogen) atoms. The first-order chi connectivity index (χ1) is 13.9. The van der Waals surface area contributed by atoms with E-state index in [-0.39, 0.29) is 12.5 Å². The zero-order valence-electron chi connectivity index (χ0n) is 17.9. The zero-order valence-corrected chi connectivity index (χ0v) is 17.9. The number of aliphatic hydroxyl groups excluding tert-OH is 1. The van der Waals surface area contributed by atoms with Crippen LogP contribution in [0.15, 0.2) is 42.5 Å². The third kappa shape index (κ3) is 5.70. The summed E-state index contributed by atoms with van der Waals surface area (Å²) in [7, 11) is 0. The van der Waals surface area contributed by atoms with Crippen LogP contribution in [0.1, 0.15) is 57.9 Å². The van der Waals surface area contributed by atoms with E-state index in [2.05, 4.69) is 43.4 Å². The number of hydrogen-bond donors (Lipinski definition) is 3. The molecule has 3 saturated carbocycles. The highest BCUT2D eigenvalue weighted by atomic mass is 16.4. The highest BCUT2D eigenvalue weighted by Gasteiger charge is 2.56. The third-order valence-corrected chi connectivity index (χ3v) is 7.38. The summed E-state index contributed by atoms with van der Waals surface area (Å²) in [5.41, 5.74) is 1.60. The molecule has 0 unspecified atom stereocenters. The van der Waals surface area contributed by atoms with E-state index in [1.165, 1.54) is 18.4 Å². The summed E-state index contributed by atoms with van der Waals surface area (Å²) in [6.07, 6.45) is 10.1. The molecule has 3 N–H and O–H groups in total. The van der Waals surface area contributed by atoms with E-state index in [1.807, 2.05) is 18.2 Å². The van der Waals surface area contributed by atoms with Gasteiger partial charge >= 0.3 is 5.97 Å². The number of carboxylic acid groups (broad SMARTS) is 1. The first kappa shape index (κ1) is 22.0. The Kier molecular flexibility index (Phi) is 7.53. The highest BCUT2D eigenvalue weighted by Crippen LogP contribution is 2.62. The van der Waals surface area contributed by atoms with Crippen molar-refractivity contribution in [3.63, 3.8) is 0 Å². The van der Waals surface area contributed by atoms with E-state index < -0.39 is 5.97 Å². The number of carbonyl (C=O) groups is 1. The normalized spacial score (nSPS) is 28.8. The van der Waals surface area contributed by atoms with Crippen LogP contribution in [0, 0.1) is 23.2 Å². The Bertz CT molecular complexity index is 685. The van der Waals surface area contributed by atoms with Crippen molar-refractivity contribution in [2.75, 3.05) is 6.54 Å². The summed E-state index contributed by atoms with van der Waals surface area (Å²) in [6, 6.07) is 10.6. The summed E-state index contributed by atoms with van der Waals surface area (Å²) in [5, 5.41) is 22.9. The summed E-state index contributed by atoms with van der Waals surface area (Å²) in [6.45, 7) is 5.46. The molecule has 5 atom stereocenters. The van der Waals surface area contributed by atoms with Crippen LogP contribution in [0.3, 0.4) is 0 Å². The summed E-state index contributed by atoms with van der Waals surface area (Å²) < 4.78 is 0. The van der Waals surface area contributed by atoms with Gasteiger partial charge in [0, 0.05) is 19.0 Å². The molecule has 0 saturated heterocycles. The van der Waals surface area contributed by atoms with Crippen molar-refractivity contribution >= 4 is 5.97 Å². The Balaban J connectivity index is 1.50. The minimum Gasteiger partial charge on any atom is -0.481 e. The van der Waals surface area contributed by atoms with Gasteiger partial charge in [0.25, 0.3) is 0 Å². The Labute approximate surface area is 175 Å². The van der Waals surface area contributed by atoms with Gasteiger partial charge in [-0.15, -0.1) is 0 Å². The molecule has 0 amide bonds. The van der Waals surface area contributed by atoms with Crippen LogP contribution >= 0.6 is 0 Å². The van der Waals surface area contributed by atoms with Gasteiger partial charge in [-0.2, -0.15) is 0 Å². The average molecular weight is 400 g/mol. The lowest BCUT2D eigenvalue weighted by molar-refractivity contribution is -0.137. The first-order valence-electron chi connectivity index (χ1n) is 11.2. The molecule has 0 aliphatic heterocycles. The number of aliphatic carboxylic acids is 1. The molecule has 0 spiro atoms. The fraction of sp³-hybridized carbons (Fsp3) is 0.640. The fourth-order valence-electron chi connectivity index (χ4n) is 5.50. The second-order valence-electron chi connectivity index (χ2n) is 9.61. The smallest absolute Gasteiger partial charge is 0.303 e. The minimum absolute atomic E-state index is 0.245. The van der Waals surface area contributed by atoms with Gasteiger partial charge in [0.05, 0.1) is 6.10 Å². The van der Waals surface area contributed by atoms with E-state index in [1.54, 1.807) is 0 Å². The van der Waals surface area contributed by atoms with Crippen LogP contribution in [-0.2, 0) is 11.2 Å². The van der Waals surface area contributed by atoms with E-state index in [0.29, 0.717) is 36.8 Å². The predicted octanol–water partition coefficient (Wildman–Crippen LogP) is 4.43. The first-order valence-corrected chi connectivity index (χ1v) is 11.2. The van der Waals surface area contributed by atoms with Crippen molar-refractivity contribution in [3.8, 4) is 0 Å². The standard InChI is InChI=1S/C25H37NO3/c1-25(2)19-15-22(25)21(12-8-3-4-9-13-24(28)29)23(16-19)26-17-20(27)14-18-10-6-5-7-11-18/h3,5-8,10-11,19-23,26-27H,4,9,12-17H2,1-2H3,(H,28,29)/b8-3-/t19-,20+,21-,22+,23-/m1/s1. The quantitative estimate of drug-likeness (QED) is 0.380. The van der Waals surface area contributed by atoms with Crippen LogP contribution in [0.5, 0.6) is 0 Å². The molecular weight excluding hydrogens is 362 g/mol. The minimum atomic E-state index is -0.716. The van der Waals surface area contributed by atoms with Gasteiger partial charge in [-0.25, -0.2) is 0 Å². The van der Waals surface area contributed by atoms with Crippen molar-refractivity contribution in [3.05, 3.63) is 48.0 Å². The summed E-state index contributed by atoms with van der Waals surface area (Å²) in [5.74, 6) is 1.39. The lowest BCUT2D eigenvalue weighted by Crippen LogP contribution is -2.61. The molecule has 4 heteroatoms.